The largest absolute Gasteiger partial charge is 0.372 e. The lowest BCUT2D eigenvalue weighted by Crippen LogP contribution is -2.47. The topological polar surface area (TPSA) is 19.0 Å². The van der Waals surface area contributed by atoms with E-state index in [4.69, 9.17) is 4.74 Å². The van der Waals surface area contributed by atoms with Crippen molar-refractivity contribution in [2.75, 3.05) is 55.6 Å². The number of hydrogen-bond donors (Lipinski definition) is 0. The van der Waals surface area contributed by atoms with Crippen molar-refractivity contribution in [1.29, 1.82) is 0 Å². The van der Waals surface area contributed by atoms with E-state index < -0.39 is 0 Å². The maximum absolute atomic E-state index is 6.02. The van der Waals surface area contributed by atoms with E-state index in [1.807, 2.05) is 0 Å². The fourth-order valence-corrected chi connectivity index (χ4v) is 6.76. The molecule has 2 unspecified atom stereocenters. The van der Waals surface area contributed by atoms with Gasteiger partial charge in [0.05, 0.1) is 12.2 Å². The zero-order valence-electron chi connectivity index (χ0n) is 21.5. The Labute approximate surface area is 202 Å². The number of nitrogens with zero attached hydrogens (tertiary/aromatic N) is 3. The monoisotopic (exact) mass is 453 g/mol. The standard InChI is InChI=1S/C29H47N3O/c1-4-5-6-15-30-16-18-31(19-17-30)28-8-7-26(32-21-23(2)33-24(3)22-32)20-27(28)25-9-11-29(12-10-25)13-14-29/h7-8,20,23-25H,4-6,9-19,21-22H2,1-3H3. The maximum atomic E-state index is 6.02. The summed E-state index contributed by atoms with van der Waals surface area (Å²) < 4.78 is 6.02. The Morgan fingerprint density at radius 2 is 1.58 bits per heavy atom. The highest BCUT2D eigenvalue weighted by Gasteiger charge is 2.45. The molecule has 2 saturated heterocycles. The molecule has 0 bridgehead atoms. The Morgan fingerprint density at radius 1 is 0.879 bits per heavy atom. The van der Waals surface area contributed by atoms with Gasteiger partial charge in [-0.05, 0) is 100 Å². The Bertz CT molecular complexity index is 763. The van der Waals surface area contributed by atoms with Crippen LogP contribution in [0, 0.1) is 5.41 Å². The summed E-state index contributed by atoms with van der Waals surface area (Å²) in [5.74, 6) is 0.740. The van der Waals surface area contributed by atoms with Crippen molar-refractivity contribution in [3.05, 3.63) is 23.8 Å². The molecule has 2 aliphatic carbocycles. The lowest BCUT2D eigenvalue weighted by Gasteiger charge is -2.40. The van der Waals surface area contributed by atoms with E-state index >= 15 is 0 Å². The van der Waals surface area contributed by atoms with E-state index in [9.17, 15) is 0 Å². The Morgan fingerprint density at radius 3 is 2.21 bits per heavy atom. The Hall–Kier alpha value is -1.26. The fourth-order valence-electron chi connectivity index (χ4n) is 6.76. The second kappa shape index (κ2) is 10.2. The van der Waals surface area contributed by atoms with Gasteiger partial charge in [0, 0.05) is 50.6 Å². The van der Waals surface area contributed by atoms with Gasteiger partial charge in [-0.25, -0.2) is 0 Å². The molecule has 0 amide bonds. The molecule has 2 heterocycles. The number of rotatable bonds is 7. The van der Waals surface area contributed by atoms with Crippen LogP contribution in [0.1, 0.15) is 90.0 Å². The third kappa shape index (κ3) is 5.53. The lowest BCUT2D eigenvalue weighted by molar-refractivity contribution is -0.00522. The van der Waals surface area contributed by atoms with E-state index in [-0.39, 0.29) is 0 Å². The van der Waals surface area contributed by atoms with Gasteiger partial charge in [0.2, 0.25) is 0 Å². The summed E-state index contributed by atoms with van der Waals surface area (Å²) >= 11 is 0. The van der Waals surface area contributed by atoms with Gasteiger partial charge < -0.3 is 14.5 Å². The highest BCUT2D eigenvalue weighted by Crippen LogP contribution is 2.59. The van der Waals surface area contributed by atoms with Gasteiger partial charge in [0.1, 0.15) is 0 Å². The Balaban J connectivity index is 1.33. The van der Waals surface area contributed by atoms with E-state index in [0.29, 0.717) is 12.2 Å². The zero-order chi connectivity index (χ0) is 22.8. The third-order valence-electron chi connectivity index (χ3n) is 9.03. The molecule has 2 saturated carbocycles. The molecule has 1 aromatic rings. The van der Waals surface area contributed by atoms with Gasteiger partial charge in [-0.1, -0.05) is 19.8 Å². The average molecular weight is 454 g/mol. The van der Waals surface area contributed by atoms with Crippen LogP contribution in [-0.2, 0) is 4.74 Å². The third-order valence-corrected chi connectivity index (χ3v) is 9.03. The first-order chi connectivity index (χ1) is 16.0. The molecule has 0 aromatic heterocycles. The molecule has 1 aromatic carbocycles. The highest BCUT2D eigenvalue weighted by atomic mass is 16.5. The second-order valence-electron chi connectivity index (χ2n) is 11.7. The van der Waals surface area contributed by atoms with Crippen molar-refractivity contribution in [1.82, 2.24) is 4.90 Å². The molecule has 2 aliphatic heterocycles. The van der Waals surface area contributed by atoms with Crippen LogP contribution in [0.4, 0.5) is 11.4 Å². The summed E-state index contributed by atoms with van der Waals surface area (Å²) in [6.07, 6.45) is 13.3. The first-order valence-corrected chi connectivity index (χ1v) is 14.1. The SMILES string of the molecule is CCCCCN1CCN(c2ccc(N3CC(C)OC(C)C3)cc2C2CCC3(CC2)CC3)CC1. The molecule has 0 N–H and O–H groups in total. The molecule has 0 radical (unpaired) electrons. The van der Waals surface area contributed by atoms with Crippen molar-refractivity contribution < 1.29 is 4.74 Å². The van der Waals surface area contributed by atoms with Crippen molar-refractivity contribution in [3.8, 4) is 0 Å². The van der Waals surface area contributed by atoms with E-state index in [1.165, 1.54) is 102 Å². The molecule has 5 rings (SSSR count). The van der Waals surface area contributed by atoms with Gasteiger partial charge in [-0.3, -0.25) is 4.90 Å². The van der Waals surface area contributed by atoms with Crippen LogP contribution >= 0.6 is 0 Å². The summed E-state index contributed by atoms with van der Waals surface area (Å²) in [5.41, 5.74) is 5.36. The minimum absolute atomic E-state index is 0.307. The van der Waals surface area contributed by atoms with Gasteiger partial charge in [-0.15, -0.1) is 0 Å². The quantitative estimate of drug-likeness (QED) is 0.468. The van der Waals surface area contributed by atoms with Crippen LogP contribution in [0.15, 0.2) is 18.2 Å². The molecule has 4 heteroatoms. The van der Waals surface area contributed by atoms with Crippen LogP contribution in [0.5, 0.6) is 0 Å². The van der Waals surface area contributed by atoms with Gasteiger partial charge in [0.15, 0.2) is 0 Å². The van der Waals surface area contributed by atoms with Crippen molar-refractivity contribution >= 4 is 11.4 Å². The minimum atomic E-state index is 0.307. The summed E-state index contributed by atoms with van der Waals surface area (Å²) in [4.78, 5) is 7.97. The molecule has 4 nitrogen and oxygen atoms in total. The molecular formula is C29H47N3O. The van der Waals surface area contributed by atoms with Crippen molar-refractivity contribution in [2.45, 2.75) is 96.7 Å². The Kier molecular flexibility index (Phi) is 7.23. The molecule has 33 heavy (non-hydrogen) atoms. The fraction of sp³-hybridized carbons (Fsp3) is 0.793. The smallest absolute Gasteiger partial charge is 0.0726 e. The van der Waals surface area contributed by atoms with Crippen molar-refractivity contribution in [2.24, 2.45) is 5.41 Å². The number of anilines is 2. The first kappa shape index (κ1) is 23.5. The second-order valence-corrected chi connectivity index (χ2v) is 11.7. The predicted molar refractivity (Wildman–Crippen MR) is 140 cm³/mol. The normalized spacial score (nSPS) is 28.5. The zero-order valence-corrected chi connectivity index (χ0v) is 21.5. The van der Waals surface area contributed by atoms with Crippen LogP contribution in [0.3, 0.4) is 0 Å². The van der Waals surface area contributed by atoms with Crippen molar-refractivity contribution in [3.63, 3.8) is 0 Å². The number of ether oxygens (including phenoxy) is 1. The molecule has 184 valence electrons. The van der Waals surface area contributed by atoms with Gasteiger partial charge in [0.25, 0.3) is 0 Å². The van der Waals surface area contributed by atoms with E-state index in [0.717, 1.165) is 24.4 Å². The van der Waals surface area contributed by atoms with E-state index in [1.54, 1.807) is 5.56 Å². The number of unbranched alkanes of at least 4 members (excludes halogenated alkanes) is 2. The summed E-state index contributed by atoms with van der Waals surface area (Å²) in [6.45, 7) is 14.8. The van der Waals surface area contributed by atoms with Crippen LogP contribution in [0.2, 0.25) is 0 Å². The van der Waals surface area contributed by atoms with Gasteiger partial charge >= 0.3 is 0 Å². The predicted octanol–water partition coefficient (Wildman–Crippen LogP) is 6.05. The first-order valence-electron chi connectivity index (χ1n) is 14.1. The van der Waals surface area contributed by atoms with Crippen LogP contribution in [0.25, 0.3) is 0 Å². The highest BCUT2D eigenvalue weighted by molar-refractivity contribution is 5.64. The number of hydrogen-bond acceptors (Lipinski definition) is 4. The van der Waals surface area contributed by atoms with Crippen LogP contribution < -0.4 is 9.80 Å². The summed E-state index contributed by atoms with van der Waals surface area (Å²) in [5, 5.41) is 0. The van der Waals surface area contributed by atoms with Gasteiger partial charge in [-0.2, -0.15) is 0 Å². The molecule has 4 aliphatic rings. The number of morpholine rings is 1. The number of benzene rings is 1. The molecule has 1 spiro atoms. The summed E-state index contributed by atoms with van der Waals surface area (Å²) in [7, 11) is 0. The number of piperazine rings is 1. The summed E-state index contributed by atoms with van der Waals surface area (Å²) in [6, 6.07) is 7.47. The van der Waals surface area contributed by atoms with Crippen LogP contribution in [-0.4, -0.2) is 62.9 Å². The minimum Gasteiger partial charge on any atom is -0.372 e. The average Bonchev–Trinajstić information content (AvgIpc) is 3.58. The molecular weight excluding hydrogens is 406 g/mol. The molecule has 4 fully saturated rings. The molecule has 2 atom stereocenters. The lowest BCUT2D eigenvalue weighted by atomic mass is 9.76. The maximum Gasteiger partial charge on any atom is 0.0726 e. The van der Waals surface area contributed by atoms with E-state index in [2.05, 4.69) is 53.7 Å².